The molecule has 3 aromatic carbocycles. The number of benzene rings is 3. The minimum atomic E-state index is 0.0258. The number of carbonyl (C=O) groups is 1. The summed E-state index contributed by atoms with van der Waals surface area (Å²) in [7, 11) is 1.61. The highest BCUT2D eigenvalue weighted by atomic mass is 35.5. The van der Waals surface area contributed by atoms with Crippen molar-refractivity contribution in [2.24, 2.45) is 5.92 Å². The number of para-hydroxylation sites is 1. The topological polar surface area (TPSA) is 38.8 Å². The van der Waals surface area contributed by atoms with Crippen LogP contribution in [0.25, 0.3) is 11.6 Å². The van der Waals surface area contributed by atoms with Crippen molar-refractivity contribution in [3.63, 3.8) is 0 Å². The summed E-state index contributed by atoms with van der Waals surface area (Å²) in [6.45, 7) is 5.26. The van der Waals surface area contributed by atoms with Gasteiger partial charge in [-0.15, -0.1) is 0 Å². The second-order valence-corrected chi connectivity index (χ2v) is 8.58. The molecule has 0 N–H and O–H groups in total. The molecule has 1 aliphatic heterocycles. The van der Waals surface area contributed by atoms with Crippen molar-refractivity contribution < 1.29 is 14.3 Å². The summed E-state index contributed by atoms with van der Waals surface area (Å²) >= 11 is 6.23. The number of hydrogen-bond acceptors (Lipinski definition) is 3. The van der Waals surface area contributed by atoms with Gasteiger partial charge in [-0.25, -0.2) is 0 Å². The predicted molar refractivity (Wildman–Crippen MR) is 130 cm³/mol. The number of fused-ring (bicyclic) bond motifs is 1. The van der Waals surface area contributed by atoms with Gasteiger partial charge in [0.05, 0.1) is 12.8 Å². The van der Waals surface area contributed by atoms with Gasteiger partial charge in [-0.3, -0.25) is 4.79 Å². The molecule has 4 nitrogen and oxygen atoms in total. The molecule has 0 unspecified atom stereocenters. The number of nitrogens with zero attached hydrogens (tertiary/aromatic N) is 1. The van der Waals surface area contributed by atoms with Gasteiger partial charge < -0.3 is 14.4 Å². The van der Waals surface area contributed by atoms with Crippen LogP contribution in [0.5, 0.6) is 11.5 Å². The highest BCUT2D eigenvalue weighted by Gasteiger charge is 2.32. The summed E-state index contributed by atoms with van der Waals surface area (Å²) in [5.74, 6) is 1.62. The van der Waals surface area contributed by atoms with Gasteiger partial charge in [-0.1, -0.05) is 67.9 Å². The Morgan fingerprint density at radius 3 is 2.50 bits per heavy atom. The molecule has 0 aromatic heterocycles. The van der Waals surface area contributed by atoms with E-state index in [4.69, 9.17) is 21.1 Å². The molecule has 1 heterocycles. The van der Waals surface area contributed by atoms with Crippen LogP contribution in [0.2, 0.25) is 5.02 Å². The van der Waals surface area contributed by atoms with Gasteiger partial charge in [-0.05, 0) is 41.8 Å². The number of carbonyl (C=O) groups excluding carboxylic acids is 1. The molecule has 0 radical (unpaired) electrons. The van der Waals surface area contributed by atoms with Crippen LogP contribution >= 0.6 is 11.6 Å². The first kappa shape index (κ1) is 22.0. The van der Waals surface area contributed by atoms with Crippen molar-refractivity contribution in [3.8, 4) is 11.5 Å². The van der Waals surface area contributed by atoms with Crippen molar-refractivity contribution in [2.45, 2.75) is 20.5 Å². The van der Waals surface area contributed by atoms with Crippen LogP contribution in [0.4, 0.5) is 5.69 Å². The van der Waals surface area contributed by atoms with Gasteiger partial charge in [0.15, 0.2) is 11.5 Å². The van der Waals surface area contributed by atoms with Crippen LogP contribution in [0.3, 0.4) is 0 Å². The smallest absolute Gasteiger partial charge is 0.259 e. The molecule has 164 valence electrons. The van der Waals surface area contributed by atoms with Crippen LogP contribution in [0.1, 0.15) is 30.5 Å². The Morgan fingerprint density at radius 1 is 1.00 bits per heavy atom. The van der Waals surface area contributed by atoms with Gasteiger partial charge in [0, 0.05) is 28.3 Å². The Bertz CT molecular complexity index is 1170. The van der Waals surface area contributed by atoms with Crippen LogP contribution in [-0.2, 0) is 11.4 Å². The molecular formula is C27H26ClNO3. The van der Waals surface area contributed by atoms with Crippen LogP contribution in [-0.4, -0.2) is 19.6 Å². The van der Waals surface area contributed by atoms with Crippen molar-refractivity contribution >= 4 is 34.8 Å². The maximum atomic E-state index is 13.2. The number of hydrogen-bond donors (Lipinski definition) is 0. The molecule has 1 aliphatic rings. The zero-order chi connectivity index (χ0) is 22.7. The highest BCUT2D eigenvalue weighted by Crippen LogP contribution is 2.39. The van der Waals surface area contributed by atoms with E-state index in [0.717, 1.165) is 22.4 Å². The minimum absolute atomic E-state index is 0.0258. The number of rotatable bonds is 7. The zero-order valence-corrected chi connectivity index (χ0v) is 19.2. The van der Waals surface area contributed by atoms with E-state index >= 15 is 0 Å². The Balaban J connectivity index is 1.61. The van der Waals surface area contributed by atoms with Crippen molar-refractivity contribution in [1.82, 2.24) is 0 Å². The lowest BCUT2D eigenvalue weighted by Crippen LogP contribution is -2.30. The van der Waals surface area contributed by atoms with Gasteiger partial charge >= 0.3 is 0 Å². The van der Waals surface area contributed by atoms with Crippen LogP contribution in [0, 0.1) is 5.92 Å². The SMILES string of the molecule is COc1cc(/C=C2\C(=O)N(CC(C)C)c3ccccc32)ccc1OCc1ccccc1Cl. The summed E-state index contributed by atoms with van der Waals surface area (Å²) in [6, 6.07) is 21.2. The van der Waals surface area contributed by atoms with Crippen molar-refractivity contribution in [2.75, 3.05) is 18.6 Å². The van der Waals surface area contributed by atoms with Crippen molar-refractivity contribution in [3.05, 3.63) is 88.4 Å². The molecule has 1 amide bonds. The summed E-state index contributed by atoms with van der Waals surface area (Å²) in [6.07, 6.45) is 1.92. The zero-order valence-electron chi connectivity index (χ0n) is 18.5. The second-order valence-electron chi connectivity index (χ2n) is 8.18. The Kier molecular flexibility index (Phi) is 6.52. The van der Waals surface area contributed by atoms with Crippen molar-refractivity contribution in [1.29, 1.82) is 0 Å². The average Bonchev–Trinajstić information content (AvgIpc) is 3.04. The number of amides is 1. The molecule has 3 aromatic rings. The standard InChI is InChI=1S/C27H26ClNO3/c1-18(2)16-29-24-11-7-5-9-21(24)22(27(29)30)14-19-12-13-25(26(15-19)31-3)32-17-20-8-4-6-10-23(20)28/h4-15,18H,16-17H2,1-3H3/b22-14-. The monoisotopic (exact) mass is 447 g/mol. The van der Waals surface area contributed by atoms with Gasteiger partial charge in [0.1, 0.15) is 6.61 Å². The summed E-state index contributed by atoms with van der Waals surface area (Å²) in [4.78, 5) is 15.1. The molecule has 0 saturated carbocycles. The van der Waals surface area contributed by atoms with E-state index in [1.54, 1.807) is 7.11 Å². The van der Waals surface area contributed by atoms with E-state index in [2.05, 4.69) is 13.8 Å². The fourth-order valence-corrected chi connectivity index (χ4v) is 4.01. The Morgan fingerprint density at radius 2 is 1.75 bits per heavy atom. The van der Waals surface area contributed by atoms with E-state index in [1.165, 1.54) is 0 Å². The van der Waals surface area contributed by atoms with E-state index in [0.29, 0.717) is 41.2 Å². The lowest BCUT2D eigenvalue weighted by atomic mass is 10.0. The lowest BCUT2D eigenvalue weighted by Gasteiger charge is -2.19. The van der Waals surface area contributed by atoms with E-state index in [-0.39, 0.29) is 5.91 Å². The van der Waals surface area contributed by atoms with Gasteiger partial charge in [-0.2, -0.15) is 0 Å². The summed E-state index contributed by atoms with van der Waals surface area (Å²) < 4.78 is 11.5. The number of anilines is 1. The normalized spacial score (nSPS) is 14.2. The highest BCUT2D eigenvalue weighted by molar-refractivity contribution is 6.35. The third-order valence-electron chi connectivity index (χ3n) is 5.35. The summed E-state index contributed by atoms with van der Waals surface area (Å²) in [5, 5.41) is 0.664. The quantitative estimate of drug-likeness (QED) is 0.389. The third kappa shape index (κ3) is 4.51. The first-order valence-electron chi connectivity index (χ1n) is 10.6. The van der Waals surface area contributed by atoms with E-state index in [9.17, 15) is 4.79 Å². The molecule has 0 saturated heterocycles. The Labute approximate surface area is 194 Å². The predicted octanol–water partition coefficient (Wildman–Crippen LogP) is 6.47. The van der Waals surface area contributed by atoms with Gasteiger partial charge in [0.25, 0.3) is 5.91 Å². The van der Waals surface area contributed by atoms with Crippen LogP contribution in [0.15, 0.2) is 66.7 Å². The van der Waals surface area contributed by atoms with Crippen LogP contribution < -0.4 is 14.4 Å². The summed E-state index contributed by atoms with van der Waals surface area (Å²) in [5.41, 5.74) is 4.38. The minimum Gasteiger partial charge on any atom is -0.493 e. The largest absolute Gasteiger partial charge is 0.493 e. The second kappa shape index (κ2) is 9.49. The molecule has 32 heavy (non-hydrogen) atoms. The number of halogens is 1. The first-order chi connectivity index (χ1) is 15.5. The fraction of sp³-hybridized carbons (Fsp3) is 0.222. The molecule has 0 aliphatic carbocycles. The molecule has 5 heteroatoms. The fourth-order valence-electron chi connectivity index (χ4n) is 3.82. The maximum absolute atomic E-state index is 13.2. The number of ether oxygens (including phenoxy) is 2. The van der Waals surface area contributed by atoms with Gasteiger partial charge in [0.2, 0.25) is 0 Å². The molecular weight excluding hydrogens is 422 g/mol. The van der Waals surface area contributed by atoms with E-state index in [1.807, 2.05) is 77.7 Å². The molecule has 0 spiro atoms. The lowest BCUT2D eigenvalue weighted by molar-refractivity contribution is -0.113. The molecule has 0 fully saturated rings. The molecule has 4 rings (SSSR count). The average molecular weight is 448 g/mol. The first-order valence-corrected chi connectivity index (χ1v) is 11.0. The number of methoxy groups -OCH3 is 1. The maximum Gasteiger partial charge on any atom is 0.259 e. The third-order valence-corrected chi connectivity index (χ3v) is 5.72. The molecule has 0 bridgehead atoms. The van der Waals surface area contributed by atoms with E-state index < -0.39 is 0 Å². The Hall–Kier alpha value is -3.24. The molecule has 0 atom stereocenters.